The third-order valence-electron chi connectivity index (χ3n) is 18.0. The van der Waals surface area contributed by atoms with Gasteiger partial charge < -0.3 is 33.8 Å². The molecule has 96 heavy (non-hydrogen) atoms. The van der Waals surface area contributed by atoms with Crippen molar-refractivity contribution in [1.82, 2.24) is 0 Å². The van der Waals surface area contributed by atoms with Gasteiger partial charge in [0.15, 0.2) is 12.2 Å². The van der Waals surface area contributed by atoms with E-state index in [1.54, 1.807) is 0 Å². The molecule has 0 spiro atoms. The van der Waals surface area contributed by atoms with Gasteiger partial charge in [-0.2, -0.15) is 0 Å². The van der Waals surface area contributed by atoms with Crippen molar-refractivity contribution in [2.75, 3.05) is 39.6 Å². The van der Waals surface area contributed by atoms with E-state index in [0.29, 0.717) is 25.7 Å². The minimum atomic E-state index is -4.96. The van der Waals surface area contributed by atoms with Crippen molar-refractivity contribution >= 4 is 39.5 Å². The molecule has 0 aromatic heterocycles. The van der Waals surface area contributed by atoms with Gasteiger partial charge >= 0.3 is 39.5 Å². The second-order valence-corrected chi connectivity index (χ2v) is 31.1. The van der Waals surface area contributed by atoms with Gasteiger partial charge in [-0.1, -0.05) is 356 Å². The van der Waals surface area contributed by atoms with Gasteiger partial charge in [0.2, 0.25) is 0 Å². The van der Waals surface area contributed by atoms with Gasteiger partial charge in [0.05, 0.1) is 26.4 Å². The number of hydrogen-bond acceptors (Lipinski definition) is 15. The summed E-state index contributed by atoms with van der Waals surface area (Å²) in [6, 6.07) is 0. The highest BCUT2D eigenvalue weighted by atomic mass is 31.2. The number of phosphoric acid groups is 2. The molecule has 0 rings (SSSR count). The Labute approximate surface area is 588 Å². The quantitative estimate of drug-likeness (QED) is 0.0222. The lowest BCUT2D eigenvalue weighted by molar-refractivity contribution is -0.161. The standard InChI is InChI=1S/C77H150O17P2/c1-6-9-12-15-18-21-24-26-27-28-32-37-41-46-51-56-61-75(80)88-67-73(94-77(82)63-58-53-48-43-38-33-30-29-31-35-39-44-49-54-59-70(4)5)69-92-96(85,86)90-65-71(78)64-89-95(83,84)91-68-72(66-87-74(79)60-55-50-45-40-34-23-20-17-14-11-8-3)93-76(81)62-57-52-47-42-36-25-22-19-16-13-10-7-2/h70-73,78H,6-69H2,1-5H3,(H,83,84)(H,85,86)/t71-,72+,73+/m0/s1. The van der Waals surface area contributed by atoms with Gasteiger partial charge in [0.25, 0.3) is 0 Å². The van der Waals surface area contributed by atoms with Crippen LogP contribution in [-0.2, 0) is 65.4 Å². The molecule has 0 heterocycles. The van der Waals surface area contributed by atoms with E-state index in [0.717, 1.165) is 95.8 Å². The summed E-state index contributed by atoms with van der Waals surface area (Å²) in [4.78, 5) is 72.9. The summed E-state index contributed by atoms with van der Waals surface area (Å²) in [7, 11) is -9.91. The minimum absolute atomic E-state index is 0.108. The molecule has 0 saturated heterocycles. The number of ether oxygens (including phenoxy) is 4. The lowest BCUT2D eigenvalue weighted by atomic mass is 10.0. The summed E-state index contributed by atoms with van der Waals surface area (Å²) >= 11 is 0. The zero-order chi connectivity index (χ0) is 70.5. The average molecular weight is 1410 g/mol. The van der Waals surface area contributed by atoms with Crippen molar-refractivity contribution in [2.45, 2.75) is 425 Å². The summed E-state index contributed by atoms with van der Waals surface area (Å²) in [5.74, 6) is -1.31. The van der Waals surface area contributed by atoms with E-state index in [-0.39, 0.29) is 25.7 Å². The molecular weight excluding hydrogens is 1260 g/mol. The lowest BCUT2D eigenvalue weighted by Gasteiger charge is -2.21. The summed E-state index contributed by atoms with van der Waals surface area (Å²) in [6.07, 6.45) is 59.5. The van der Waals surface area contributed by atoms with Crippen LogP contribution in [0.4, 0.5) is 0 Å². The molecule has 0 amide bonds. The fraction of sp³-hybridized carbons (Fsp3) is 0.948. The lowest BCUT2D eigenvalue weighted by Crippen LogP contribution is -2.30. The van der Waals surface area contributed by atoms with Crippen LogP contribution < -0.4 is 0 Å². The van der Waals surface area contributed by atoms with Gasteiger partial charge in [0, 0.05) is 25.7 Å². The number of unbranched alkanes of at least 4 members (excludes halogenated alkanes) is 49. The van der Waals surface area contributed by atoms with Crippen LogP contribution in [0.2, 0.25) is 0 Å². The third kappa shape index (κ3) is 70.5. The number of aliphatic hydroxyl groups is 1. The Balaban J connectivity index is 5.24. The number of phosphoric ester groups is 2. The fourth-order valence-electron chi connectivity index (χ4n) is 11.9. The molecule has 3 N–H and O–H groups in total. The monoisotopic (exact) mass is 1410 g/mol. The van der Waals surface area contributed by atoms with E-state index < -0.39 is 97.5 Å². The number of aliphatic hydroxyl groups excluding tert-OH is 1. The maximum atomic E-state index is 13.1. The van der Waals surface area contributed by atoms with Crippen molar-refractivity contribution in [2.24, 2.45) is 5.92 Å². The predicted octanol–water partition coefficient (Wildman–Crippen LogP) is 22.9. The molecule has 5 atom stereocenters. The molecule has 17 nitrogen and oxygen atoms in total. The first-order valence-corrected chi connectivity index (χ1v) is 43.1. The highest BCUT2D eigenvalue weighted by Gasteiger charge is 2.30. The number of carbonyl (C=O) groups is 4. The maximum Gasteiger partial charge on any atom is 0.472 e. The maximum absolute atomic E-state index is 13.1. The van der Waals surface area contributed by atoms with Crippen molar-refractivity contribution in [3.05, 3.63) is 0 Å². The zero-order valence-electron chi connectivity index (χ0n) is 62.5. The van der Waals surface area contributed by atoms with E-state index >= 15 is 0 Å². The molecule has 0 radical (unpaired) electrons. The summed E-state index contributed by atoms with van der Waals surface area (Å²) in [5.41, 5.74) is 0. The highest BCUT2D eigenvalue weighted by molar-refractivity contribution is 7.47. The van der Waals surface area contributed by atoms with Gasteiger partial charge in [-0.05, 0) is 31.6 Å². The van der Waals surface area contributed by atoms with Crippen LogP contribution in [0.15, 0.2) is 0 Å². The van der Waals surface area contributed by atoms with E-state index in [9.17, 15) is 43.2 Å². The van der Waals surface area contributed by atoms with Crippen molar-refractivity contribution in [3.8, 4) is 0 Å². The van der Waals surface area contributed by atoms with Gasteiger partial charge in [-0.25, -0.2) is 9.13 Å². The zero-order valence-corrected chi connectivity index (χ0v) is 64.3. The molecule has 0 fully saturated rings. The van der Waals surface area contributed by atoms with Gasteiger partial charge in [-0.15, -0.1) is 0 Å². The Kier molecular flexibility index (Phi) is 68.7. The van der Waals surface area contributed by atoms with Crippen LogP contribution in [0.25, 0.3) is 0 Å². The smallest absolute Gasteiger partial charge is 0.462 e. The molecule has 570 valence electrons. The normalized spacial score (nSPS) is 13.9. The van der Waals surface area contributed by atoms with E-state index in [1.807, 2.05) is 0 Å². The van der Waals surface area contributed by atoms with Gasteiger partial charge in [-0.3, -0.25) is 37.3 Å². The van der Waals surface area contributed by atoms with Crippen molar-refractivity contribution in [3.63, 3.8) is 0 Å². The first kappa shape index (κ1) is 94.1. The van der Waals surface area contributed by atoms with Crippen LogP contribution in [-0.4, -0.2) is 96.7 Å². The van der Waals surface area contributed by atoms with Crippen molar-refractivity contribution in [1.29, 1.82) is 0 Å². The summed E-state index contributed by atoms with van der Waals surface area (Å²) in [6.45, 7) is 7.33. The molecule has 0 aliphatic rings. The molecule has 0 aromatic carbocycles. The van der Waals surface area contributed by atoms with E-state index in [2.05, 4.69) is 34.6 Å². The van der Waals surface area contributed by atoms with Crippen LogP contribution in [0.1, 0.15) is 407 Å². The Morgan fingerprint density at radius 2 is 0.479 bits per heavy atom. The molecule has 0 aliphatic carbocycles. The second kappa shape index (κ2) is 70.1. The Bertz CT molecular complexity index is 1840. The Hall–Kier alpha value is -1.94. The summed E-state index contributed by atoms with van der Waals surface area (Å²) in [5, 5.41) is 10.6. The molecule has 0 saturated carbocycles. The average Bonchev–Trinajstić information content (AvgIpc) is 1.95. The number of carbonyl (C=O) groups excluding carboxylic acids is 4. The van der Waals surface area contributed by atoms with E-state index in [1.165, 1.54) is 231 Å². The SMILES string of the molecule is CCCCCCCCCCCCCCCCCCC(=O)OC[C@H](COP(=O)(O)OC[C@@H](O)COP(=O)(O)OC[C@@H](COC(=O)CCCCCCCCCCCCC)OC(=O)CCCCCCCCCCCCCC)OC(=O)CCCCCCCCCCCCCCCCC(C)C. The van der Waals surface area contributed by atoms with Crippen LogP contribution in [0.5, 0.6) is 0 Å². The molecule has 2 unspecified atom stereocenters. The van der Waals surface area contributed by atoms with Crippen LogP contribution in [0, 0.1) is 5.92 Å². The first-order valence-electron chi connectivity index (χ1n) is 40.1. The minimum Gasteiger partial charge on any atom is -0.462 e. The number of esters is 4. The Morgan fingerprint density at radius 1 is 0.281 bits per heavy atom. The van der Waals surface area contributed by atoms with Crippen molar-refractivity contribution < 1.29 is 80.2 Å². The largest absolute Gasteiger partial charge is 0.472 e. The van der Waals surface area contributed by atoms with E-state index in [4.69, 9.17) is 37.0 Å². The van der Waals surface area contributed by atoms with Crippen LogP contribution >= 0.6 is 15.6 Å². The van der Waals surface area contributed by atoms with Gasteiger partial charge in [0.1, 0.15) is 19.3 Å². The predicted molar refractivity (Wildman–Crippen MR) is 391 cm³/mol. The molecular formula is C77H150O17P2. The topological polar surface area (TPSA) is 237 Å². The second-order valence-electron chi connectivity index (χ2n) is 28.2. The first-order chi connectivity index (χ1) is 46.5. The number of hydrogen-bond donors (Lipinski definition) is 3. The molecule has 0 bridgehead atoms. The molecule has 0 aliphatic heterocycles. The third-order valence-corrected chi connectivity index (χ3v) is 19.9. The number of rotatable bonds is 77. The summed E-state index contributed by atoms with van der Waals surface area (Å²) < 4.78 is 68.6. The van der Waals surface area contributed by atoms with Crippen LogP contribution in [0.3, 0.4) is 0 Å². The highest BCUT2D eigenvalue weighted by Crippen LogP contribution is 2.45. The fourth-order valence-corrected chi connectivity index (χ4v) is 13.5. The Morgan fingerprint density at radius 3 is 0.708 bits per heavy atom. The molecule has 19 heteroatoms. The molecule has 0 aromatic rings.